The second-order valence-corrected chi connectivity index (χ2v) is 6.82. The van der Waals surface area contributed by atoms with Gasteiger partial charge < -0.3 is 10.2 Å². The zero-order valence-corrected chi connectivity index (χ0v) is 15.9. The summed E-state index contributed by atoms with van der Waals surface area (Å²) in [7, 11) is 0. The van der Waals surface area contributed by atoms with Crippen LogP contribution < -0.4 is 10.2 Å². The summed E-state index contributed by atoms with van der Waals surface area (Å²) in [5, 5.41) is 24.9. The molecule has 0 aliphatic carbocycles. The molecule has 2 aromatic rings. The summed E-state index contributed by atoms with van der Waals surface area (Å²) in [4.78, 5) is 37.6. The smallest absolute Gasteiger partial charge is 0.292 e. The van der Waals surface area contributed by atoms with Gasteiger partial charge in [0.1, 0.15) is 5.69 Å². The topological polar surface area (TPSA) is 122 Å². The second kappa shape index (κ2) is 8.65. The van der Waals surface area contributed by atoms with Crippen LogP contribution in [0.4, 0.5) is 22.7 Å². The molecule has 29 heavy (non-hydrogen) atoms. The molecular weight excluding hydrogens is 378 g/mol. The zero-order chi connectivity index (χ0) is 21.0. The van der Waals surface area contributed by atoms with Crippen molar-refractivity contribution in [3.05, 3.63) is 68.3 Å². The minimum Gasteiger partial charge on any atom is -0.363 e. The molecule has 1 aliphatic rings. The molecule has 2 aromatic carbocycles. The maximum atomic E-state index is 12.3. The minimum absolute atomic E-state index is 0.0409. The van der Waals surface area contributed by atoms with E-state index in [0.29, 0.717) is 43.1 Å². The number of hydrogen-bond donors (Lipinski definition) is 1. The number of rotatable bonds is 6. The van der Waals surface area contributed by atoms with Crippen molar-refractivity contribution < 1.29 is 14.6 Å². The van der Waals surface area contributed by atoms with E-state index in [-0.39, 0.29) is 23.8 Å². The van der Waals surface area contributed by atoms with E-state index in [9.17, 15) is 25.0 Å². The first kappa shape index (κ1) is 20.2. The average molecular weight is 399 g/mol. The third-order valence-corrected chi connectivity index (χ3v) is 4.85. The summed E-state index contributed by atoms with van der Waals surface area (Å²) < 4.78 is 0. The van der Waals surface area contributed by atoms with Crippen molar-refractivity contribution in [3.8, 4) is 0 Å². The molecule has 0 atom stereocenters. The van der Waals surface area contributed by atoms with E-state index in [0.717, 1.165) is 0 Å². The van der Waals surface area contributed by atoms with Crippen molar-refractivity contribution in [3.63, 3.8) is 0 Å². The van der Waals surface area contributed by atoms with Gasteiger partial charge in [-0.05, 0) is 19.1 Å². The van der Waals surface area contributed by atoms with Gasteiger partial charge in [0.25, 0.3) is 11.4 Å². The first-order chi connectivity index (χ1) is 13.8. The first-order valence-corrected chi connectivity index (χ1v) is 9.11. The van der Waals surface area contributed by atoms with Crippen LogP contribution in [-0.4, -0.2) is 53.4 Å². The predicted molar refractivity (Wildman–Crippen MR) is 108 cm³/mol. The van der Waals surface area contributed by atoms with E-state index in [1.807, 2.05) is 9.80 Å². The van der Waals surface area contributed by atoms with E-state index < -0.39 is 9.85 Å². The van der Waals surface area contributed by atoms with Crippen LogP contribution in [0.25, 0.3) is 0 Å². The van der Waals surface area contributed by atoms with Crippen LogP contribution >= 0.6 is 0 Å². The van der Waals surface area contributed by atoms with E-state index in [4.69, 9.17) is 0 Å². The highest BCUT2D eigenvalue weighted by Gasteiger charge is 2.24. The van der Waals surface area contributed by atoms with E-state index >= 15 is 0 Å². The van der Waals surface area contributed by atoms with E-state index in [1.54, 1.807) is 37.3 Å². The van der Waals surface area contributed by atoms with Crippen LogP contribution in [0.2, 0.25) is 0 Å². The van der Waals surface area contributed by atoms with Gasteiger partial charge in [0.15, 0.2) is 0 Å². The number of amides is 1. The number of anilines is 2. The Morgan fingerprint density at radius 3 is 2.31 bits per heavy atom. The molecule has 0 aromatic heterocycles. The molecule has 1 fully saturated rings. The van der Waals surface area contributed by atoms with Gasteiger partial charge in [-0.15, -0.1) is 0 Å². The van der Waals surface area contributed by atoms with Gasteiger partial charge >= 0.3 is 0 Å². The quantitative estimate of drug-likeness (QED) is 0.585. The lowest BCUT2D eigenvalue weighted by Gasteiger charge is -2.35. The molecule has 10 heteroatoms. The number of para-hydroxylation sites is 2. The Balaban J connectivity index is 1.56. The van der Waals surface area contributed by atoms with Gasteiger partial charge in [0.2, 0.25) is 5.91 Å². The molecule has 1 aliphatic heterocycles. The normalized spacial score (nSPS) is 14.4. The summed E-state index contributed by atoms with van der Waals surface area (Å²) in [6.07, 6.45) is 0. The number of benzene rings is 2. The molecule has 152 valence electrons. The molecule has 1 amide bonds. The number of hydrogen-bond acceptors (Lipinski definition) is 7. The Kier molecular flexibility index (Phi) is 6.03. The number of nitro benzene ring substituents is 2. The van der Waals surface area contributed by atoms with Crippen LogP contribution in [0.15, 0.2) is 42.5 Å². The Bertz CT molecular complexity index is 940. The molecule has 0 spiro atoms. The Morgan fingerprint density at radius 2 is 1.66 bits per heavy atom. The predicted octanol–water partition coefficient (Wildman–Crippen LogP) is 2.57. The average Bonchev–Trinajstić information content (AvgIpc) is 2.69. The second-order valence-electron chi connectivity index (χ2n) is 6.82. The molecule has 3 rings (SSSR count). The van der Waals surface area contributed by atoms with Crippen LogP contribution in [0.5, 0.6) is 0 Å². The molecule has 1 N–H and O–H groups in total. The standard InChI is InChI=1S/C19H21N5O5/c1-14-6-7-15(12-18(14)24(28)29)20-19(25)13-21-8-10-22(11-9-21)16-4-2-3-5-17(16)23(26)27/h2-7,12H,8-11,13H2,1H3,(H,20,25). The largest absolute Gasteiger partial charge is 0.363 e. The lowest BCUT2D eigenvalue weighted by Crippen LogP contribution is -2.48. The fraction of sp³-hybridized carbons (Fsp3) is 0.316. The van der Waals surface area contributed by atoms with Crippen molar-refractivity contribution >= 4 is 28.7 Å². The highest BCUT2D eigenvalue weighted by Crippen LogP contribution is 2.28. The van der Waals surface area contributed by atoms with Crippen molar-refractivity contribution in [2.45, 2.75) is 6.92 Å². The molecule has 0 radical (unpaired) electrons. The minimum atomic E-state index is -0.479. The molecule has 0 bridgehead atoms. The van der Waals surface area contributed by atoms with E-state index in [1.165, 1.54) is 12.1 Å². The Morgan fingerprint density at radius 1 is 1.00 bits per heavy atom. The summed E-state index contributed by atoms with van der Waals surface area (Å²) >= 11 is 0. The molecular formula is C19H21N5O5. The SMILES string of the molecule is Cc1ccc(NC(=O)CN2CCN(c3ccccc3[N+](=O)[O-])CC2)cc1[N+](=O)[O-]. The van der Waals surface area contributed by atoms with Crippen molar-refractivity contribution in [1.82, 2.24) is 4.90 Å². The Hall–Kier alpha value is -3.53. The third-order valence-electron chi connectivity index (χ3n) is 4.85. The third kappa shape index (κ3) is 4.85. The van der Waals surface area contributed by atoms with Gasteiger partial charge in [0, 0.05) is 49.6 Å². The lowest BCUT2D eigenvalue weighted by molar-refractivity contribution is -0.385. The van der Waals surface area contributed by atoms with Gasteiger partial charge in [0.05, 0.1) is 16.4 Å². The zero-order valence-electron chi connectivity index (χ0n) is 15.9. The molecule has 1 heterocycles. The van der Waals surface area contributed by atoms with Gasteiger partial charge in [-0.2, -0.15) is 0 Å². The number of aryl methyl sites for hydroxylation is 1. The number of carbonyl (C=O) groups excluding carboxylic acids is 1. The molecule has 10 nitrogen and oxygen atoms in total. The molecule has 1 saturated heterocycles. The van der Waals surface area contributed by atoms with Gasteiger partial charge in [-0.25, -0.2) is 0 Å². The Labute approximate surface area is 167 Å². The fourth-order valence-corrected chi connectivity index (χ4v) is 3.32. The summed E-state index contributed by atoms with van der Waals surface area (Å²) in [6.45, 7) is 4.07. The molecule has 0 saturated carbocycles. The van der Waals surface area contributed by atoms with Crippen molar-refractivity contribution in [2.24, 2.45) is 0 Å². The van der Waals surface area contributed by atoms with Crippen LogP contribution in [0.3, 0.4) is 0 Å². The maximum absolute atomic E-state index is 12.3. The van der Waals surface area contributed by atoms with E-state index in [2.05, 4.69) is 5.32 Å². The first-order valence-electron chi connectivity index (χ1n) is 9.11. The highest BCUT2D eigenvalue weighted by molar-refractivity contribution is 5.92. The van der Waals surface area contributed by atoms with Gasteiger partial charge in [-0.3, -0.25) is 29.9 Å². The summed E-state index contributed by atoms with van der Waals surface area (Å²) in [6, 6.07) is 11.2. The molecule has 0 unspecified atom stereocenters. The highest BCUT2D eigenvalue weighted by atomic mass is 16.6. The fourth-order valence-electron chi connectivity index (χ4n) is 3.32. The number of nitrogens with one attached hydrogen (secondary N) is 1. The van der Waals surface area contributed by atoms with Crippen molar-refractivity contribution in [1.29, 1.82) is 0 Å². The van der Waals surface area contributed by atoms with Crippen LogP contribution in [0, 0.1) is 27.2 Å². The number of carbonyl (C=O) groups is 1. The number of nitrogens with zero attached hydrogens (tertiary/aromatic N) is 4. The maximum Gasteiger partial charge on any atom is 0.292 e. The number of nitro groups is 2. The summed E-state index contributed by atoms with van der Waals surface area (Å²) in [5.74, 6) is -0.262. The van der Waals surface area contributed by atoms with Crippen LogP contribution in [0.1, 0.15) is 5.56 Å². The van der Waals surface area contributed by atoms with Gasteiger partial charge in [-0.1, -0.05) is 18.2 Å². The lowest BCUT2D eigenvalue weighted by atomic mass is 10.2. The number of piperazine rings is 1. The van der Waals surface area contributed by atoms with Crippen molar-refractivity contribution in [2.75, 3.05) is 42.9 Å². The monoisotopic (exact) mass is 399 g/mol. The summed E-state index contributed by atoms with van der Waals surface area (Å²) in [5.41, 5.74) is 1.51. The van der Waals surface area contributed by atoms with Crippen LogP contribution in [-0.2, 0) is 4.79 Å².